The van der Waals surface area contributed by atoms with E-state index in [0.29, 0.717) is 0 Å². The molecule has 0 saturated heterocycles. The van der Waals surface area contributed by atoms with Gasteiger partial charge in [-0.2, -0.15) is 26.3 Å². The smallest absolute Gasteiger partial charge is 0.399 e. The normalized spacial score (nSPS) is 12.1. The lowest BCUT2D eigenvalue weighted by molar-refractivity contribution is -0.179. The van der Waals surface area contributed by atoms with Gasteiger partial charge >= 0.3 is 24.3 Å². The lowest BCUT2D eigenvalue weighted by Gasteiger charge is -2.09. The molecule has 4 nitrogen and oxygen atoms in total. The fourth-order valence-electron chi connectivity index (χ4n) is 0.740. The van der Waals surface area contributed by atoms with Gasteiger partial charge < -0.3 is 9.47 Å². The summed E-state index contributed by atoms with van der Waals surface area (Å²) in [6, 6.07) is 0. The van der Waals surface area contributed by atoms with Crippen molar-refractivity contribution in [1.29, 1.82) is 0 Å². The van der Waals surface area contributed by atoms with Crippen LogP contribution in [0.25, 0.3) is 0 Å². The zero-order valence-electron chi connectivity index (χ0n) is 8.73. The van der Waals surface area contributed by atoms with Crippen LogP contribution in [-0.4, -0.2) is 37.5 Å². The Morgan fingerprint density at radius 2 is 1.00 bits per heavy atom. The van der Waals surface area contributed by atoms with E-state index < -0.39 is 50.3 Å². The Kier molecular flexibility index (Phi) is 5.92. The van der Waals surface area contributed by atoms with Crippen molar-refractivity contribution >= 4 is 11.9 Å². The number of carbonyl (C=O) groups is 2. The third-order valence-corrected chi connectivity index (χ3v) is 1.30. The Hall–Kier alpha value is -1.48. The van der Waals surface area contributed by atoms with E-state index in [2.05, 4.69) is 9.47 Å². The fraction of sp³-hybridized carbons (Fsp3) is 0.750. The van der Waals surface area contributed by atoms with Crippen molar-refractivity contribution in [2.75, 3.05) is 13.2 Å². The largest absolute Gasteiger partial charge is 0.462 e. The molecule has 0 atom stereocenters. The van der Waals surface area contributed by atoms with Gasteiger partial charge in [-0.15, -0.1) is 0 Å². The number of halogens is 6. The van der Waals surface area contributed by atoms with Crippen molar-refractivity contribution < 1.29 is 45.4 Å². The molecule has 0 aliphatic rings. The minimum Gasteiger partial charge on any atom is -0.462 e. The average molecular weight is 282 g/mol. The van der Waals surface area contributed by atoms with Crippen molar-refractivity contribution in [3.63, 3.8) is 0 Å². The molecule has 0 N–H and O–H groups in total. The second-order valence-corrected chi connectivity index (χ2v) is 3.02. The van der Waals surface area contributed by atoms with E-state index in [0.717, 1.165) is 0 Å². The number of ether oxygens (including phenoxy) is 2. The number of esters is 2. The van der Waals surface area contributed by atoms with Gasteiger partial charge in [0.05, 0.1) is 0 Å². The van der Waals surface area contributed by atoms with Gasteiger partial charge in [-0.25, -0.2) is 0 Å². The minimum atomic E-state index is -4.73. The summed E-state index contributed by atoms with van der Waals surface area (Å²) in [5.74, 6) is -3.20. The van der Waals surface area contributed by atoms with Gasteiger partial charge in [-0.05, 0) is 0 Å². The van der Waals surface area contributed by atoms with Crippen LogP contribution in [0, 0.1) is 0 Å². The molecule has 106 valence electrons. The number of hydrogen-bond acceptors (Lipinski definition) is 4. The van der Waals surface area contributed by atoms with Gasteiger partial charge in [0, 0.05) is 0 Å². The molecule has 0 radical (unpaired) electrons. The van der Waals surface area contributed by atoms with Crippen LogP contribution in [0.15, 0.2) is 0 Å². The summed E-state index contributed by atoms with van der Waals surface area (Å²) in [5, 5.41) is 0. The summed E-state index contributed by atoms with van der Waals surface area (Å²) in [6.07, 6.45) is -13.1. The molecule has 18 heavy (non-hydrogen) atoms. The van der Waals surface area contributed by atoms with Crippen LogP contribution >= 0.6 is 0 Å². The van der Waals surface area contributed by atoms with E-state index in [-0.39, 0.29) is 0 Å². The first-order chi connectivity index (χ1) is 7.99. The highest BCUT2D eigenvalue weighted by molar-refractivity contribution is 5.70. The molecule has 0 unspecified atom stereocenters. The molecule has 0 aromatic carbocycles. The zero-order chi connectivity index (χ0) is 14.4. The summed E-state index contributed by atoms with van der Waals surface area (Å²) in [4.78, 5) is 20.9. The number of hydrogen-bond donors (Lipinski definition) is 0. The molecule has 0 amide bonds. The lowest BCUT2D eigenvalue weighted by atomic mass is 10.4. The van der Waals surface area contributed by atoms with Crippen molar-refractivity contribution in [2.24, 2.45) is 0 Å². The topological polar surface area (TPSA) is 52.6 Å². The van der Waals surface area contributed by atoms with Crippen LogP contribution in [0.4, 0.5) is 26.3 Å². The van der Waals surface area contributed by atoms with Crippen LogP contribution in [0.2, 0.25) is 0 Å². The molecule has 0 bridgehead atoms. The number of rotatable bonds is 5. The van der Waals surface area contributed by atoms with Crippen molar-refractivity contribution in [3.05, 3.63) is 0 Å². The van der Waals surface area contributed by atoms with Gasteiger partial charge in [-0.3, -0.25) is 9.59 Å². The van der Waals surface area contributed by atoms with Crippen molar-refractivity contribution in [1.82, 2.24) is 0 Å². The van der Waals surface area contributed by atoms with Crippen LogP contribution in [0.1, 0.15) is 12.8 Å². The standard InChI is InChI=1S/C8H8F6O4/c9-7(10,11)3-5(15)17-1-2-18-6(16)4-8(12,13)14/h1-4H2. The van der Waals surface area contributed by atoms with Gasteiger partial charge in [-0.1, -0.05) is 0 Å². The van der Waals surface area contributed by atoms with Crippen molar-refractivity contribution in [2.45, 2.75) is 25.2 Å². The second kappa shape index (κ2) is 6.45. The molecule has 0 aromatic rings. The Bertz CT molecular complexity index is 265. The Morgan fingerprint density at radius 3 is 1.22 bits per heavy atom. The van der Waals surface area contributed by atoms with E-state index in [1.165, 1.54) is 0 Å². The maximum atomic E-state index is 11.6. The van der Waals surface area contributed by atoms with E-state index in [1.807, 2.05) is 0 Å². The lowest BCUT2D eigenvalue weighted by Crippen LogP contribution is -2.21. The quantitative estimate of drug-likeness (QED) is 0.439. The molecular weight excluding hydrogens is 274 g/mol. The molecule has 10 heteroatoms. The van der Waals surface area contributed by atoms with Crippen LogP contribution in [0.3, 0.4) is 0 Å². The second-order valence-electron chi connectivity index (χ2n) is 3.02. The summed E-state index contributed by atoms with van der Waals surface area (Å²) in [7, 11) is 0. The zero-order valence-corrected chi connectivity index (χ0v) is 8.73. The van der Waals surface area contributed by atoms with Crippen LogP contribution in [0.5, 0.6) is 0 Å². The first-order valence-electron chi connectivity index (χ1n) is 4.44. The molecule has 0 aliphatic heterocycles. The molecule has 0 spiro atoms. The van der Waals surface area contributed by atoms with E-state index >= 15 is 0 Å². The van der Waals surface area contributed by atoms with E-state index in [4.69, 9.17) is 0 Å². The summed E-state index contributed by atoms with van der Waals surface area (Å²) >= 11 is 0. The van der Waals surface area contributed by atoms with Gasteiger partial charge in [0.1, 0.15) is 26.1 Å². The number of alkyl halides is 6. The van der Waals surface area contributed by atoms with Crippen LogP contribution < -0.4 is 0 Å². The Morgan fingerprint density at radius 1 is 0.722 bits per heavy atom. The predicted octanol–water partition coefficient (Wildman–Crippen LogP) is 1.98. The van der Waals surface area contributed by atoms with Gasteiger partial charge in [0.2, 0.25) is 0 Å². The predicted molar refractivity (Wildman–Crippen MR) is 43.3 cm³/mol. The molecule has 0 rings (SSSR count). The maximum Gasteiger partial charge on any atom is 0.399 e. The first-order valence-corrected chi connectivity index (χ1v) is 4.44. The SMILES string of the molecule is O=C(CC(F)(F)F)OCCOC(=O)CC(F)(F)F. The summed E-state index contributed by atoms with van der Waals surface area (Å²) in [6.45, 7) is -1.48. The highest BCUT2D eigenvalue weighted by Gasteiger charge is 2.33. The fourth-order valence-corrected chi connectivity index (χ4v) is 0.740. The van der Waals surface area contributed by atoms with E-state index in [1.54, 1.807) is 0 Å². The molecular formula is C8H8F6O4. The van der Waals surface area contributed by atoms with Gasteiger partial charge in [0.25, 0.3) is 0 Å². The third kappa shape index (κ3) is 11.0. The summed E-state index contributed by atoms with van der Waals surface area (Å²) < 4.78 is 77.7. The third-order valence-electron chi connectivity index (χ3n) is 1.30. The molecule has 0 heterocycles. The summed E-state index contributed by atoms with van der Waals surface area (Å²) in [5.41, 5.74) is 0. The van der Waals surface area contributed by atoms with E-state index in [9.17, 15) is 35.9 Å². The number of carbonyl (C=O) groups excluding carboxylic acids is 2. The van der Waals surface area contributed by atoms with Crippen LogP contribution in [-0.2, 0) is 19.1 Å². The Balaban J connectivity index is 3.69. The minimum absolute atomic E-state index is 0.738. The average Bonchev–Trinajstić information content (AvgIpc) is 2.06. The van der Waals surface area contributed by atoms with Crippen molar-refractivity contribution in [3.8, 4) is 0 Å². The monoisotopic (exact) mass is 282 g/mol. The highest BCUT2D eigenvalue weighted by Crippen LogP contribution is 2.20. The first kappa shape index (κ1) is 16.5. The Labute approximate surface area is 96.8 Å². The van der Waals surface area contributed by atoms with Gasteiger partial charge in [0.15, 0.2) is 0 Å². The molecule has 0 aromatic heterocycles. The maximum absolute atomic E-state index is 11.6. The molecule has 0 fully saturated rings. The highest BCUT2D eigenvalue weighted by atomic mass is 19.4. The molecule has 0 aliphatic carbocycles. The molecule has 0 saturated carbocycles.